The van der Waals surface area contributed by atoms with Gasteiger partial charge >= 0.3 is 0 Å². The Labute approximate surface area is 140 Å². The molecule has 120 valence electrons. The number of hydrogen-bond acceptors (Lipinski definition) is 5. The Kier molecular flexibility index (Phi) is 4.88. The summed E-state index contributed by atoms with van der Waals surface area (Å²) in [6.45, 7) is 7.01. The third-order valence-corrected chi connectivity index (χ3v) is 5.05. The lowest BCUT2D eigenvalue weighted by Crippen LogP contribution is -2.18. The highest BCUT2D eigenvalue weighted by Crippen LogP contribution is 2.22. The van der Waals surface area contributed by atoms with Crippen LogP contribution in [-0.4, -0.2) is 9.97 Å². The van der Waals surface area contributed by atoms with Crippen molar-refractivity contribution in [2.24, 2.45) is 0 Å². The predicted molar refractivity (Wildman–Crippen MR) is 93.4 cm³/mol. The van der Waals surface area contributed by atoms with Crippen molar-refractivity contribution in [2.75, 3.05) is 0 Å². The lowest BCUT2D eigenvalue weighted by molar-refractivity contribution is 0.552. The Morgan fingerprint density at radius 2 is 2.04 bits per heavy atom. The van der Waals surface area contributed by atoms with Gasteiger partial charge in [0.25, 0.3) is 0 Å². The SMILES string of the molecule is CCc1cnc([C@H](C)NCc2coc(-c3ccc(C)cc3)n2)s1. The smallest absolute Gasteiger partial charge is 0.226 e. The summed E-state index contributed by atoms with van der Waals surface area (Å²) in [5.41, 5.74) is 3.13. The second-order valence-corrected chi connectivity index (χ2v) is 6.78. The zero-order chi connectivity index (χ0) is 16.2. The van der Waals surface area contributed by atoms with Crippen LogP contribution in [0.25, 0.3) is 11.5 Å². The molecule has 0 saturated carbocycles. The molecular weight excluding hydrogens is 306 g/mol. The monoisotopic (exact) mass is 327 g/mol. The van der Waals surface area contributed by atoms with Gasteiger partial charge in [-0.3, -0.25) is 0 Å². The number of rotatable bonds is 6. The van der Waals surface area contributed by atoms with E-state index in [-0.39, 0.29) is 6.04 Å². The molecule has 2 heterocycles. The Bertz CT molecular complexity index is 761. The second kappa shape index (κ2) is 7.06. The van der Waals surface area contributed by atoms with Crippen LogP contribution in [0.15, 0.2) is 41.1 Å². The third kappa shape index (κ3) is 3.86. The minimum Gasteiger partial charge on any atom is -0.444 e. The molecular formula is C18H21N3OS. The summed E-state index contributed by atoms with van der Waals surface area (Å²) in [5, 5.41) is 4.57. The van der Waals surface area contributed by atoms with E-state index in [4.69, 9.17) is 4.42 Å². The van der Waals surface area contributed by atoms with E-state index in [9.17, 15) is 0 Å². The average Bonchev–Trinajstić information content (AvgIpc) is 3.22. The van der Waals surface area contributed by atoms with Gasteiger partial charge in [0.2, 0.25) is 5.89 Å². The number of aryl methyl sites for hydroxylation is 2. The molecule has 4 nitrogen and oxygen atoms in total. The van der Waals surface area contributed by atoms with Crippen LogP contribution in [0.5, 0.6) is 0 Å². The molecule has 0 bridgehead atoms. The van der Waals surface area contributed by atoms with Crippen molar-refractivity contribution in [3.63, 3.8) is 0 Å². The first-order valence-corrected chi connectivity index (χ1v) is 8.66. The zero-order valence-corrected chi connectivity index (χ0v) is 14.5. The molecule has 1 aromatic carbocycles. The summed E-state index contributed by atoms with van der Waals surface area (Å²) in [7, 11) is 0. The fraction of sp³-hybridized carbons (Fsp3) is 0.333. The van der Waals surface area contributed by atoms with E-state index in [1.54, 1.807) is 17.6 Å². The Morgan fingerprint density at radius 1 is 1.26 bits per heavy atom. The van der Waals surface area contributed by atoms with E-state index in [0.29, 0.717) is 12.4 Å². The van der Waals surface area contributed by atoms with Gasteiger partial charge in [0, 0.05) is 23.2 Å². The molecule has 0 unspecified atom stereocenters. The fourth-order valence-electron chi connectivity index (χ4n) is 2.25. The van der Waals surface area contributed by atoms with Gasteiger partial charge in [0.1, 0.15) is 11.3 Å². The van der Waals surface area contributed by atoms with Crippen LogP contribution in [0.4, 0.5) is 0 Å². The van der Waals surface area contributed by atoms with Crippen LogP contribution in [0.2, 0.25) is 0 Å². The number of nitrogens with zero attached hydrogens (tertiary/aromatic N) is 2. The molecule has 0 aliphatic rings. The summed E-state index contributed by atoms with van der Waals surface area (Å²) in [4.78, 5) is 10.3. The van der Waals surface area contributed by atoms with Crippen LogP contribution in [0.3, 0.4) is 0 Å². The summed E-state index contributed by atoms with van der Waals surface area (Å²) >= 11 is 1.76. The van der Waals surface area contributed by atoms with Gasteiger partial charge in [-0.2, -0.15) is 0 Å². The minimum absolute atomic E-state index is 0.208. The number of oxazole rings is 1. The van der Waals surface area contributed by atoms with Gasteiger partial charge in [0.15, 0.2) is 0 Å². The molecule has 0 fully saturated rings. The van der Waals surface area contributed by atoms with Crippen LogP contribution in [0, 0.1) is 6.92 Å². The second-order valence-electron chi connectivity index (χ2n) is 5.63. The normalized spacial score (nSPS) is 12.5. The van der Waals surface area contributed by atoms with Gasteiger partial charge in [-0.1, -0.05) is 24.6 Å². The predicted octanol–water partition coefficient (Wildman–Crippen LogP) is 4.52. The third-order valence-electron chi connectivity index (χ3n) is 3.73. The summed E-state index contributed by atoms with van der Waals surface area (Å²) in [6.07, 6.45) is 4.71. The number of thiazole rings is 1. The fourth-order valence-corrected chi connectivity index (χ4v) is 3.13. The van der Waals surface area contributed by atoms with E-state index in [1.807, 2.05) is 18.3 Å². The van der Waals surface area contributed by atoms with E-state index in [1.165, 1.54) is 10.4 Å². The van der Waals surface area contributed by atoms with Gasteiger partial charge in [-0.05, 0) is 32.4 Å². The molecule has 0 amide bonds. The minimum atomic E-state index is 0.208. The molecule has 0 aliphatic carbocycles. The van der Waals surface area contributed by atoms with Gasteiger partial charge in [0.05, 0.1) is 11.7 Å². The van der Waals surface area contributed by atoms with Gasteiger partial charge in [-0.15, -0.1) is 11.3 Å². The molecule has 0 saturated heterocycles. The highest BCUT2D eigenvalue weighted by atomic mass is 32.1. The van der Waals surface area contributed by atoms with Crippen LogP contribution >= 0.6 is 11.3 Å². The van der Waals surface area contributed by atoms with Crippen molar-refractivity contribution in [3.8, 4) is 11.5 Å². The molecule has 0 spiro atoms. The van der Waals surface area contributed by atoms with Gasteiger partial charge < -0.3 is 9.73 Å². The quantitative estimate of drug-likeness (QED) is 0.723. The first kappa shape index (κ1) is 15.9. The zero-order valence-electron chi connectivity index (χ0n) is 13.7. The van der Waals surface area contributed by atoms with E-state index < -0.39 is 0 Å². The van der Waals surface area contributed by atoms with Crippen LogP contribution in [-0.2, 0) is 13.0 Å². The first-order valence-electron chi connectivity index (χ1n) is 7.85. The standard InChI is InChI=1S/C18H21N3OS/c1-4-16-10-20-18(23-16)13(3)19-9-15-11-22-17(21-15)14-7-5-12(2)6-8-14/h5-8,10-11,13,19H,4,9H2,1-3H3/t13-/m0/s1. The highest BCUT2D eigenvalue weighted by molar-refractivity contribution is 7.11. The number of nitrogens with one attached hydrogen (secondary N) is 1. The number of aromatic nitrogens is 2. The largest absolute Gasteiger partial charge is 0.444 e. The van der Waals surface area contributed by atoms with Crippen molar-refractivity contribution in [1.82, 2.24) is 15.3 Å². The molecule has 0 aliphatic heterocycles. The van der Waals surface area contributed by atoms with Crippen LogP contribution < -0.4 is 5.32 Å². The van der Waals surface area contributed by atoms with Crippen LogP contribution in [0.1, 0.15) is 41.0 Å². The molecule has 0 radical (unpaired) electrons. The first-order chi connectivity index (χ1) is 11.2. The Balaban J connectivity index is 1.61. The van der Waals surface area contributed by atoms with E-state index in [2.05, 4.69) is 48.2 Å². The maximum Gasteiger partial charge on any atom is 0.226 e. The Morgan fingerprint density at radius 3 is 2.74 bits per heavy atom. The Hall–Kier alpha value is -1.98. The number of hydrogen-bond donors (Lipinski definition) is 1. The van der Waals surface area contributed by atoms with E-state index >= 15 is 0 Å². The van der Waals surface area contributed by atoms with E-state index in [0.717, 1.165) is 22.7 Å². The lowest BCUT2D eigenvalue weighted by atomic mass is 10.1. The van der Waals surface area contributed by atoms with Crippen molar-refractivity contribution in [2.45, 2.75) is 39.8 Å². The molecule has 1 N–H and O–H groups in total. The maximum absolute atomic E-state index is 5.59. The van der Waals surface area contributed by atoms with Crippen molar-refractivity contribution in [3.05, 3.63) is 57.9 Å². The highest BCUT2D eigenvalue weighted by Gasteiger charge is 2.11. The molecule has 2 aromatic heterocycles. The molecule has 23 heavy (non-hydrogen) atoms. The van der Waals surface area contributed by atoms with Crippen molar-refractivity contribution < 1.29 is 4.42 Å². The van der Waals surface area contributed by atoms with Gasteiger partial charge in [-0.25, -0.2) is 9.97 Å². The lowest BCUT2D eigenvalue weighted by Gasteiger charge is -2.08. The summed E-state index contributed by atoms with van der Waals surface area (Å²) in [5.74, 6) is 0.664. The molecule has 3 rings (SSSR count). The van der Waals surface area contributed by atoms with Crippen molar-refractivity contribution in [1.29, 1.82) is 0 Å². The summed E-state index contributed by atoms with van der Waals surface area (Å²) < 4.78 is 5.59. The average molecular weight is 327 g/mol. The molecule has 5 heteroatoms. The maximum atomic E-state index is 5.59. The van der Waals surface area contributed by atoms with Crippen molar-refractivity contribution >= 4 is 11.3 Å². The summed E-state index contributed by atoms with van der Waals surface area (Å²) in [6, 6.07) is 8.39. The molecule has 1 atom stereocenters. The number of benzene rings is 1. The molecule has 3 aromatic rings. The topological polar surface area (TPSA) is 51.0 Å².